The molecular weight excluding hydrogens is 234 g/mol. The lowest BCUT2D eigenvalue weighted by molar-refractivity contribution is -0.139. The Labute approximate surface area is 106 Å². The van der Waals surface area contributed by atoms with Gasteiger partial charge in [-0.15, -0.1) is 0 Å². The first-order valence-corrected chi connectivity index (χ1v) is 5.95. The molecule has 0 bridgehead atoms. The first-order chi connectivity index (χ1) is 8.63. The van der Waals surface area contributed by atoms with Gasteiger partial charge in [-0.3, -0.25) is 4.79 Å². The second-order valence-corrected chi connectivity index (χ2v) is 3.99. The Morgan fingerprint density at radius 3 is 2.61 bits per heavy atom. The van der Waals surface area contributed by atoms with Crippen molar-refractivity contribution in [2.45, 2.75) is 25.5 Å². The van der Waals surface area contributed by atoms with Gasteiger partial charge in [-0.25, -0.2) is 0 Å². The van der Waals surface area contributed by atoms with E-state index < -0.39 is 18.1 Å². The number of aliphatic hydroxyl groups is 1. The minimum absolute atomic E-state index is 0.132. The molecule has 2 atom stereocenters. The van der Waals surface area contributed by atoms with Crippen molar-refractivity contribution >= 4 is 5.97 Å². The monoisotopic (exact) mass is 253 g/mol. The molecule has 1 aromatic rings. The highest BCUT2D eigenvalue weighted by atomic mass is 16.5. The van der Waals surface area contributed by atoms with Crippen molar-refractivity contribution in [3.8, 4) is 5.75 Å². The van der Waals surface area contributed by atoms with Crippen molar-refractivity contribution < 1.29 is 19.7 Å². The van der Waals surface area contributed by atoms with Gasteiger partial charge in [0.05, 0.1) is 0 Å². The van der Waals surface area contributed by atoms with Gasteiger partial charge in [-0.2, -0.15) is 0 Å². The molecule has 0 radical (unpaired) electrons. The van der Waals surface area contributed by atoms with Gasteiger partial charge in [0.15, 0.2) is 0 Å². The number of benzene rings is 1. The molecule has 0 saturated heterocycles. The molecule has 1 rings (SSSR count). The van der Waals surface area contributed by atoms with E-state index in [2.05, 4.69) is 5.32 Å². The molecule has 0 aliphatic rings. The molecule has 5 heteroatoms. The van der Waals surface area contributed by atoms with E-state index in [0.29, 0.717) is 12.2 Å². The van der Waals surface area contributed by atoms with E-state index in [9.17, 15) is 9.90 Å². The van der Waals surface area contributed by atoms with Gasteiger partial charge in [-0.05, 0) is 18.6 Å². The highest BCUT2D eigenvalue weighted by Gasteiger charge is 2.15. The first-order valence-electron chi connectivity index (χ1n) is 5.95. The Kier molecular flexibility index (Phi) is 6.18. The third-order valence-corrected chi connectivity index (χ3v) is 2.49. The van der Waals surface area contributed by atoms with Gasteiger partial charge in [-0.1, -0.05) is 25.1 Å². The van der Waals surface area contributed by atoms with E-state index in [4.69, 9.17) is 9.84 Å². The smallest absolute Gasteiger partial charge is 0.320 e. The van der Waals surface area contributed by atoms with E-state index in [1.165, 1.54) is 0 Å². The SMILES string of the molecule is CCC(NCC(O)COc1ccccc1)C(=O)O. The van der Waals surface area contributed by atoms with Crippen LogP contribution in [0.1, 0.15) is 13.3 Å². The number of carboxylic acids is 1. The van der Waals surface area contributed by atoms with Crippen LogP contribution in [0.15, 0.2) is 30.3 Å². The van der Waals surface area contributed by atoms with E-state index in [-0.39, 0.29) is 13.2 Å². The Bertz CT molecular complexity index is 355. The van der Waals surface area contributed by atoms with Gasteiger partial charge in [0, 0.05) is 6.54 Å². The summed E-state index contributed by atoms with van der Waals surface area (Å²) in [7, 11) is 0. The van der Waals surface area contributed by atoms with Crippen LogP contribution in [-0.2, 0) is 4.79 Å². The minimum atomic E-state index is -0.909. The maximum Gasteiger partial charge on any atom is 0.320 e. The number of aliphatic hydroxyl groups excluding tert-OH is 1. The second-order valence-electron chi connectivity index (χ2n) is 3.99. The van der Waals surface area contributed by atoms with Crippen LogP contribution >= 0.6 is 0 Å². The van der Waals surface area contributed by atoms with E-state index in [1.807, 2.05) is 18.2 Å². The summed E-state index contributed by atoms with van der Waals surface area (Å²) >= 11 is 0. The third-order valence-electron chi connectivity index (χ3n) is 2.49. The second kappa shape index (κ2) is 7.68. The lowest BCUT2D eigenvalue weighted by atomic mass is 10.2. The Morgan fingerprint density at radius 1 is 1.39 bits per heavy atom. The lowest BCUT2D eigenvalue weighted by Gasteiger charge is -2.16. The molecule has 0 aliphatic heterocycles. The normalized spacial score (nSPS) is 13.9. The van der Waals surface area contributed by atoms with Crippen LogP contribution in [0.4, 0.5) is 0 Å². The molecule has 18 heavy (non-hydrogen) atoms. The molecule has 0 amide bonds. The lowest BCUT2D eigenvalue weighted by Crippen LogP contribution is -2.42. The zero-order chi connectivity index (χ0) is 13.4. The Hall–Kier alpha value is -1.59. The number of aliphatic carboxylic acids is 1. The quantitative estimate of drug-likeness (QED) is 0.641. The number of rotatable bonds is 8. The van der Waals surface area contributed by atoms with E-state index >= 15 is 0 Å². The van der Waals surface area contributed by atoms with Crippen molar-refractivity contribution in [3.63, 3.8) is 0 Å². The van der Waals surface area contributed by atoms with Crippen molar-refractivity contribution in [1.82, 2.24) is 5.32 Å². The van der Waals surface area contributed by atoms with Crippen LogP contribution in [0.5, 0.6) is 5.75 Å². The van der Waals surface area contributed by atoms with Crippen LogP contribution in [0.3, 0.4) is 0 Å². The predicted octanol–water partition coefficient (Wildman–Crippen LogP) is 0.879. The highest BCUT2D eigenvalue weighted by Crippen LogP contribution is 2.08. The fraction of sp³-hybridized carbons (Fsp3) is 0.462. The number of carboxylic acid groups (broad SMARTS) is 1. The summed E-state index contributed by atoms with van der Waals surface area (Å²) in [6.07, 6.45) is -0.264. The molecule has 0 aromatic heterocycles. The van der Waals surface area contributed by atoms with Crippen molar-refractivity contribution in [2.24, 2.45) is 0 Å². The summed E-state index contributed by atoms with van der Waals surface area (Å²) in [4.78, 5) is 10.7. The maximum absolute atomic E-state index is 10.7. The van der Waals surface area contributed by atoms with Gasteiger partial charge in [0.2, 0.25) is 0 Å². The topological polar surface area (TPSA) is 78.8 Å². The van der Waals surface area contributed by atoms with Crippen LogP contribution in [0, 0.1) is 0 Å². The number of ether oxygens (including phenoxy) is 1. The van der Waals surface area contributed by atoms with Gasteiger partial charge in [0.25, 0.3) is 0 Å². The van der Waals surface area contributed by atoms with Gasteiger partial charge in [0.1, 0.15) is 24.5 Å². The number of hydrogen-bond acceptors (Lipinski definition) is 4. The standard InChI is InChI=1S/C13H19NO4/c1-2-12(13(16)17)14-8-10(15)9-18-11-6-4-3-5-7-11/h3-7,10,12,14-15H,2,8-9H2,1H3,(H,16,17). The molecule has 0 aliphatic carbocycles. The molecular formula is C13H19NO4. The summed E-state index contributed by atoms with van der Waals surface area (Å²) < 4.78 is 5.36. The summed E-state index contributed by atoms with van der Waals surface area (Å²) in [5.74, 6) is -0.226. The summed E-state index contributed by atoms with van der Waals surface area (Å²) in [6.45, 7) is 2.10. The van der Waals surface area contributed by atoms with Crippen LogP contribution in [0.25, 0.3) is 0 Å². The van der Waals surface area contributed by atoms with E-state index in [1.54, 1.807) is 19.1 Å². The minimum Gasteiger partial charge on any atom is -0.491 e. The largest absolute Gasteiger partial charge is 0.491 e. The molecule has 2 unspecified atom stereocenters. The molecule has 1 aromatic carbocycles. The number of para-hydroxylation sites is 1. The zero-order valence-electron chi connectivity index (χ0n) is 10.4. The van der Waals surface area contributed by atoms with Crippen LogP contribution in [0.2, 0.25) is 0 Å². The number of nitrogens with one attached hydrogen (secondary N) is 1. The molecule has 5 nitrogen and oxygen atoms in total. The van der Waals surface area contributed by atoms with Crippen molar-refractivity contribution in [3.05, 3.63) is 30.3 Å². The predicted molar refractivity (Wildman–Crippen MR) is 67.7 cm³/mol. The van der Waals surface area contributed by atoms with Crippen LogP contribution < -0.4 is 10.1 Å². The Balaban J connectivity index is 2.25. The molecule has 0 saturated carbocycles. The van der Waals surface area contributed by atoms with Gasteiger partial charge < -0.3 is 20.3 Å². The summed E-state index contributed by atoms with van der Waals surface area (Å²) in [6, 6.07) is 8.54. The third kappa shape index (κ3) is 5.16. The Morgan fingerprint density at radius 2 is 2.06 bits per heavy atom. The van der Waals surface area contributed by atoms with Gasteiger partial charge >= 0.3 is 5.97 Å². The molecule has 100 valence electrons. The average molecular weight is 253 g/mol. The van der Waals surface area contributed by atoms with Crippen LogP contribution in [-0.4, -0.2) is 41.5 Å². The molecule has 3 N–H and O–H groups in total. The molecule has 0 fully saturated rings. The maximum atomic E-state index is 10.7. The van der Waals surface area contributed by atoms with Crippen molar-refractivity contribution in [2.75, 3.05) is 13.2 Å². The molecule has 0 spiro atoms. The van der Waals surface area contributed by atoms with E-state index in [0.717, 1.165) is 0 Å². The summed E-state index contributed by atoms with van der Waals surface area (Å²) in [5.41, 5.74) is 0. The summed E-state index contributed by atoms with van der Waals surface area (Å²) in [5, 5.41) is 21.3. The highest BCUT2D eigenvalue weighted by molar-refractivity contribution is 5.73. The molecule has 0 heterocycles. The number of hydrogen-bond donors (Lipinski definition) is 3. The first kappa shape index (κ1) is 14.5. The van der Waals surface area contributed by atoms with Crippen molar-refractivity contribution in [1.29, 1.82) is 0 Å². The fourth-order valence-corrected chi connectivity index (χ4v) is 1.45. The zero-order valence-corrected chi connectivity index (χ0v) is 10.4. The fourth-order valence-electron chi connectivity index (χ4n) is 1.45. The average Bonchev–Trinajstić information content (AvgIpc) is 2.38. The number of carbonyl (C=O) groups is 1.